The molecule has 0 bridgehead atoms. The summed E-state index contributed by atoms with van der Waals surface area (Å²) < 4.78 is 28.2. The normalized spacial score (nSPS) is 11.1. The first-order valence-corrected chi connectivity index (χ1v) is 5.59. The second-order valence-electron chi connectivity index (χ2n) is 4.21. The number of aromatic nitrogens is 3. The summed E-state index contributed by atoms with van der Waals surface area (Å²) in [5.41, 5.74) is 0.399. The van der Waals surface area contributed by atoms with Gasteiger partial charge in [-0.25, -0.2) is 23.1 Å². The topological polar surface area (TPSA) is 50.7 Å². The van der Waals surface area contributed by atoms with E-state index in [1.54, 1.807) is 12.1 Å². The van der Waals surface area contributed by atoms with Crippen LogP contribution in [0.2, 0.25) is 0 Å². The Morgan fingerprint density at radius 1 is 1.26 bits per heavy atom. The van der Waals surface area contributed by atoms with Crippen LogP contribution in [0.25, 0.3) is 16.9 Å². The fourth-order valence-electron chi connectivity index (χ4n) is 1.99. The lowest BCUT2D eigenvalue weighted by molar-refractivity contribution is 0.514. The molecule has 2 heterocycles. The van der Waals surface area contributed by atoms with Crippen molar-refractivity contribution in [3.63, 3.8) is 0 Å². The quantitative estimate of drug-likeness (QED) is 0.730. The van der Waals surface area contributed by atoms with E-state index in [9.17, 15) is 13.6 Å². The van der Waals surface area contributed by atoms with Crippen molar-refractivity contribution in [1.29, 1.82) is 0 Å². The molecule has 0 unspecified atom stereocenters. The van der Waals surface area contributed by atoms with Crippen molar-refractivity contribution >= 4 is 11.0 Å². The van der Waals surface area contributed by atoms with Crippen LogP contribution in [0.5, 0.6) is 0 Å². The summed E-state index contributed by atoms with van der Waals surface area (Å²) in [4.78, 5) is 18.4. The van der Waals surface area contributed by atoms with Gasteiger partial charge in [0.25, 0.3) is 0 Å². The molecule has 0 aliphatic heterocycles. The average Bonchev–Trinajstić information content (AvgIpc) is 2.71. The summed E-state index contributed by atoms with van der Waals surface area (Å²) in [6.07, 6.45) is 1.51. The van der Waals surface area contributed by atoms with Crippen molar-refractivity contribution < 1.29 is 8.78 Å². The number of hydrogen-bond acceptors (Lipinski definition) is 2. The van der Waals surface area contributed by atoms with E-state index in [4.69, 9.17) is 0 Å². The van der Waals surface area contributed by atoms with Crippen LogP contribution in [0, 0.1) is 18.6 Å². The summed E-state index contributed by atoms with van der Waals surface area (Å²) in [7, 11) is 0. The number of hydrogen-bond donors (Lipinski definition) is 1. The highest BCUT2D eigenvalue weighted by Gasteiger charge is 2.16. The summed E-state index contributed by atoms with van der Waals surface area (Å²) >= 11 is 0. The van der Waals surface area contributed by atoms with Crippen LogP contribution >= 0.6 is 0 Å². The third kappa shape index (κ3) is 1.72. The first kappa shape index (κ1) is 11.6. The Morgan fingerprint density at radius 3 is 2.79 bits per heavy atom. The Hall–Kier alpha value is -2.50. The monoisotopic (exact) mass is 261 g/mol. The number of fused-ring (bicyclic) bond motifs is 1. The van der Waals surface area contributed by atoms with E-state index in [1.807, 2.05) is 6.92 Å². The Morgan fingerprint density at radius 2 is 2.05 bits per heavy atom. The van der Waals surface area contributed by atoms with Gasteiger partial charge in [0.2, 0.25) is 0 Å². The van der Waals surface area contributed by atoms with Crippen molar-refractivity contribution in [2.75, 3.05) is 0 Å². The fourth-order valence-corrected chi connectivity index (χ4v) is 1.99. The number of aryl methyl sites for hydroxylation is 1. The highest BCUT2D eigenvalue weighted by atomic mass is 19.2. The zero-order valence-electron chi connectivity index (χ0n) is 9.95. The van der Waals surface area contributed by atoms with Crippen molar-refractivity contribution in [2.45, 2.75) is 6.92 Å². The fraction of sp³-hybridized carbons (Fsp3) is 0.0769. The predicted molar refractivity (Wildman–Crippen MR) is 66.3 cm³/mol. The summed E-state index contributed by atoms with van der Waals surface area (Å²) in [6.45, 7) is 1.82. The van der Waals surface area contributed by atoms with Crippen LogP contribution < -0.4 is 5.69 Å². The van der Waals surface area contributed by atoms with Gasteiger partial charge in [-0.15, -0.1) is 0 Å². The molecule has 0 radical (unpaired) electrons. The van der Waals surface area contributed by atoms with Gasteiger partial charge in [0, 0.05) is 6.20 Å². The van der Waals surface area contributed by atoms with E-state index in [1.165, 1.54) is 12.3 Å². The Labute approximate surface area is 106 Å². The van der Waals surface area contributed by atoms with E-state index in [0.717, 1.165) is 16.2 Å². The second kappa shape index (κ2) is 4.01. The highest BCUT2D eigenvalue weighted by molar-refractivity contribution is 5.77. The number of H-pyrrole nitrogens is 1. The zero-order chi connectivity index (χ0) is 13.6. The summed E-state index contributed by atoms with van der Waals surface area (Å²) in [5.74, 6) is -1.83. The molecule has 0 fully saturated rings. The number of imidazole rings is 1. The van der Waals surface area contributed by atoms with E-state index < -0.39 is 17.3 Å². The van der Waals surface area contributed by atoms with Gasteiger partial charge in [-0.2, -0.15) is 0 Å². The lowest BCUT2D eigenvalue weighted by atomic mass is 10.2. The maximum Gasteiger partial charge on any atom is 0.332 e. The molecular formula is C13H9F2N3O. The molecule has 0 amide bonds. The van der Waals surface area contributed by atoms with Crippen molar-refractivity contribution in [3.05, 3.63) is 58.1 Å². The smallest absolute Gasteiger partial charge is 0.305 e. The van der Waals surface area contributed by atoms with Crippen molar-refractivity contribution in [2.24, 2.45) is 0 Å². The number of halogens is 2. The molecule has 0 aliphatic rings. The van der Waals surface area contributed by atoms with Crippen molar-refractivity contribution in [3.8, 4) is 5.82 Å². The molecule has 3 rings (SSSR count). The largest absolute Gasteiger partial charge is 0.332 e. The Kier molecular flexibility index (Phi) is 2.45. The molecule has 4 nitrogen and oxygen atoms in total. The molecule has 96 valence electrons. The first-order chi connectivity index (χ1) is 9.08. The summed E-state index contributed by atoms with van der Waals surface area (Å²) in [6, 6.07) is 5.67. The molecule has 2 aromatic heterocycles. The third-order valence-electron chi connectivity index (χ3n) is 2.87. The van der Waals surface area contributed by atoms with E-state index in [0.29, 0.717) is 0 Å². The average molecular weight is 261 g/mol. The van der Waals surface area contributed by atoms with Crippen LogP contribution in [0.1, 0.15) is 5.56 Å². The van der Waals surface area contributed by atoms with Crippen LogP contribution in [0.3, 0.4) is 0 Å². The summed E-state index contributed by atoms with van der Waals surface area (Å²) in [5, 5.41) is 0. The molecule has 0 aliphatic carbocycles. The lowest BCUT2D eigenvalue weighted by Gasteiger charge is -2.04. The van der Waals surface area contributed by atoms with Crippen LogP contribution in [-0.4, -0.2) is 14.5 Å². The molecule has 3 aromatic rings. The van der Waals surface area contributed by atoms with Gasteiger partial charge in [-0.3, -0.25) is 0 Å². The van der Waals surface area contributed by atoms with E-state index in [-0.39, 0.29) is 16.9 Å². The number of nitrogens with zero attached hydrogens (tertiary/aromatic N) is 2. The minimum Gasteiger partial charge on any atom is -0.305 e. The van der Waals surface area contributed by atoms with Gasteiger partial charge < -0.3 is 4.98 Å². The van der Waals surface area contributed by atoms with Gasteiger partial charge in [0.1, 0.15) is 11.3 Å². The molecule has 0 spiro atoms. The highest BCUT2D eigenvalue weighted by Crippen LogP contribution is 2.20. The van der Waals surface area contributed by atoms with Gasteiger partial charge >= 0.3 is 5.69 Å². The number of rotatable bonds is 1. The van der Waals surface area contributed by atoms with E-state index in [2.05, 4.69) is 9.97 Å². The molecule has 1 N–H and O–H groups in total. The molecule has 1 aromatic carbocycles. The van der Waals surface area contributed by atoms with Gasteiger partial charge in [-0.1, -0.05) is 0 Å². The number of pyridine rings is 1. The maximum absolute atomic E-state index is 13.9. The van der Waals surface area contributed by atoms with Crippen LogP contribution in [-0.2, 0) is 0 Å². The molecule has 6 heteroatoms. The van der Waals surface area contributed by atoms with E-state index >= 15 is 0 Å². The number of benzene rings is 1. The van der Waals surface area contributed by atoms with Crippen molar-refractivity contribution in [1.82, 2.24) is 14.5 Å². The predicted octanol–water partition coefficient (Wildman–Crippen LogP) is 2.30. The molecular weight excluding hydrogens is 252 g/mol. The number of aromatic amines is 1. The van der Waals surface area contributed by atoms with Crippen LogP contribution in [0.4, 0.5) is 8.78 Å². The Bertz CT molecular complexity index is 836. The molecule has 0 saturated heterocycles. The minimum absolute atomic E-state index is 0.136. The lowest BCUT2D eigenvalue weighted by Crippen LogP contribution is -2.16. The maximum atomic E-state index is 13.9. The molecule has 19 heavy (non-hydrogen) atoms. The van der Waals surface area contributed by atoms with Crippen LogP contribution in [0.15, 0.2) is 35.3 Å². The Balaban J connectivity index is 2.44. The van der Waals surface area contributed by atoms with Gasteiger partial charge in [0.05, 0.1) is 5.52 Å². The van der Waals surface area contributed by atoms with Gasteiger partial charge in [-0.05, 0) is 36.8 Å². The molecule has 0 saturated carbocycles. The number of nitrogens with one attached hydrogen (secondary N) is 1. The SMILES string of the molecule is Cc1ccnc(-n2c(=O)[nH]c3ccc(F)c(F)c32)c1. The zero-order valence-corrected chi connectivity index (χ0v) is 9.95. The first-order valence-electron chi connectivity index (χ1n) is 5.59. The molecule has 0 atom stereocenters. The standard InChI is InChI=1S/C13H9F2N3O/c1-7-4-5-16-10(6-7)18-12-9(17-13(18)19)3-2-8(14)11(12)15/h2-6H,1H3,(H,17,19). The van der Waals surface area contributed by atoms with Gasteiger partial charge in [0.15, 0.2) is 11.6 Å². The second-order valence-corrected chi connectivity index (χ2v) is 4.21. The third-order valence-corrected chi connectivity index (χ3v) is 2.87. The minimum atomic E-state index is -1.07.